The van der Waals surface area contributed by atoms with Gasteiger partial charge in [0.15, 0.2) is 0 Å². The van der Waals surface area contributed by atoms with Crippen LogP contribution < -0.4 is 10.4 Å². The molecule has 0 amide bonds. The summed E-state index contributed by atoms with van der Waals surface area (Å²) in [5.74, 6) is -0.104. The lowest BCUT2D eigenvalue weighted by atomic mass is 9.89. The van der Waals surface area contributed by atoms with Crippen LogP contribution in [0.2, 0.25) is 0 Å². The Balaban J connectivity index is 0.000000149. The van der Waals surface area contributed by atoms with E-state index in [-0.39, 0.29) is 5.82 Å². The van der Waals surface area contributed by atoms with Crippen LogP contribution in [0.15, 0.2) is 76.0 Å². The SMILES string of the molecule is C1=CSc2ccccc2N=C1.Fc1cccc2c1=CCc1c3c(ccc1=2)=CCCC3. The molecule has 0 atom stereocenters. The first-order chi connectivity index (χ1) is 14.8. The van der Waals surface area contributed by atoms with Gasteiger partial charge in [-0.25, -0.2) is 4.39 Å². The third-order valence-electron chi connectivity index (χ3n) is 5.75. The van der Waals surface area contributed by atoms with E-state index in [0.29, 0.717) is 0 Å². The van der Waals surface area contributed by atoms with Gasteiger partial charge >= 0.3 is 0 Å². The van der Waals surface area contributed by atoms with Crippen molar-refractivity contribution in [2.24, 2.45) is 4.99 Å². The van der Waals surface area contributed by atoms with Crippen molar-refractivity contribution < 1.29 is 4.39 Å². The summed E-state index contributed by atoms with van der Waals surface area (Å²) in [5, 5.41) is 6.48. The number of benzene rings is 3. The molecule has 0 saturated heterocycles. The summed E-state index contributed by atoms with van der Waals surface area (Å²) >= 11 is 1.70. The second-order valence-corrected chi connectivity index (χ2v) is 8.51. The maximum absolute atomic E-state index is 13.9. The Morgan fingerprint density at radius 1 is 0.867 bits per heavy atom. The predicted octanol–water partition coefficient (Wildman–Crippen LogP) is 5.57. The average Bonchev–Trinajstić information content (AvgIpc) is 3.05. The van der Waals surface area contributed by atoms with Gasteiger partial charge in [-0.2, -0.15) is 0 Å². The maximum Gasteiger partial charge on any atom is 0.130 e. The summed E-state index contributed by atoms with van der Waals surface area (Å²) in [6.45, 7) is 0. The lowest BCUT2D eigenvalue weighted by Gasteiger charge is -2.16. The second-order valence-electron chi connectivity index (χ2n) is 7.56. The molecule has 0 fully saturated rings. The standard InChI is InChI=1S/C18H15F.C9H7NS/c19-18-7-3-6-14-16-9-8-12-4-1-2-5-13(12)15(16)10-11-17(14)18;1-2-5-9-8(4-1)10-6-3-7-11-9/h3-4,6-9,11H,1-2,5,10H2;1-7H. The van der Waals surface area contributed by atoms with E-state index in [0.717, 1.165) is 29.0 Å². The van der Waals surface area contributed by atoms with Gasteiger partial charge in [0.05, 0.1) is 5.69 Å². The van der Waals surface area contributed by atoms with Crippen molar-refractivity contribution in [2.45, 2.75) is 30.6 Å². The highest BCUT2D eigenvalue weighted by atomic mass is 32.2. The number of halogens is 1. The first-order valence-electron chi connectivity index (χ1n) is 10.4. The Hall–Kier alpha value is -2.91. The molecule has 3 aromatic carbocycles. The fraction of sp³-hybridized carbons (Fsp3) is 0.148. The molecule has 3 heteroatoms. The van der Waals surface area contributed by atoms with E-state index < -0.39 is 0 Å². The van der Waals surface area contributed by atoms with Gasteiger partial charge in [-0.15, -0.1) is 0 Å². The molecule has 0 radical (unpaired) electrons. The molecule has 0 saturated carbocycles. The first kappa shape index (κ1) is 19.1. The molecule has 30 heavy (non-hydrogen) atoms. The number of nitrogens with zero attached hydrogens (tertiary/aromatic N) is 1. The van der Waals surface area contributed by atoms with Crippen LogP contribution in [0, 0.1) is 16.3 Å². The van der Waals surface area contributed by atoms with Crippen LogP contribution >= 0.6 is 11.8 Å². The van der Waals surface area contributed by atoms with Crippen LogP contribution in [0.3, 0.4) is 0 Å². The summed E-state index contributed by atoms with van der Waals surface area (Å²) in [6.07, 6.45) is 12.6. The maximum atomic E-state index is 13.9. The summed E-state index contributed by atoms with van der Waals surface area (Å²) in [4.78, 5) is 5.47. The zero-order valence-corrected chi connectivity index (χ0v) is 17.5. The molecule has 0 unspecified atom stereocenters. The highest BCUT2D eigenvalue weighted by Gasteiger charge is 2.12. The smallest absolute Gasteiger partial charge is 0.130 e. The van der Waals surface area contributed by atoms with Crippen molar-refractivity contribution in [1.82, 2.24) is 0 Å². The Morgan fingerprint density at radius 3 is 2.77 bits per heavy atom. The number of rotatable bonds is 0. The molecule has 3 aromatic rings. The average molecular weight is 412 g/mol. The Labute approximate surface area is 179 Å². The zero-order chi connectivity index (χ0) is 20.3. The van der Waals surface area contributed by atoms with Crippen molar-refractivity contribution in [3.8, 4) is 0 Å². The molecular weight excluding hydrogens is 389 g/mol. The minimum absolute atomic E-state index is 0.104. The summed E-state index contributed by atoms with van der Waals surface area (Å²) in [7, 11) is 0. The molecule has 2 aliphatic carbocycles. The minimum Gasteiger partial charge on any atom is -0.256 e. The molecule has 0 aromatic heterocycles. The Kier molecular flexibility index (Phi) is 5.37. The van der Waals surface area contributed by atoms with Crippen molar-refractivity contribution in [2.75, 3.05) is 0 Å². The van der Waals surface area contributed by atoms with E-state index >= 15 is 0 Å². The van der Waals surface area contributed by atoms with Crippen molar-refractivity contribution in [3.63, 3.8) is 0 Å². The lowest BCUT2D eigenvalue weighted by Crippen LogP contribution is -2.20. The minimum atomic E-state index is -0.104. The summed E-state index contributed by atoms with van der Waals surface area (Å²) < 4.78 is 13.9. The van der Waals surface area contributed by atoms with Gasteiger partial charge in [0.1, 0.15) is 5.82 Å². The second kappa shape index (κ2) is 8.45. The topological polar surface area (TPSA) is 12.4 Å². The third kappa shape index (κ3) is 3.66. The van der Waals surface area contributed by atoms with Gasteiger partial charge in [-0.3, -0.25) is 4.99 Å². The van der Waals surface area contributed by atoms with Crippen LogP contribution in [-0.2, 0) is 12.8 Å². The molecule has 148 valence electrons. The lowest BCUT2D eigenvalue weighted by molar-refractivity contribution is 0.616. The van der Waals surface area contributed by atoms with Crippen molar-refractivity contribution in [3.05, 3.63) is 104 Å². The van der Waals surface area contributed by atoms with E-state index in [1.54, 1.807) is 17.8 Å². The monoisotopic (exact) mass is 411 g/mol. The highest BCUT2D eigenvalue weighted by molar-refractivity contribution is 8.02. The molecular formula is C27H22FNS. The van der Waals surface area contributed by atoms with Gasteiger partial charge in [0, 0.05) is 16.3 Å². The van der Waals surface area contributed by atoms with E-state index in [2.05, 4.69) is 29.3 Å². The number of hydrogen-bond acceptors (Lipinski definition) is 2. The highest BCUT2D eigenvalue weighted by Crippen LogP contribution is 2.30. The molecule has 0 bridgehead atoms. The molecule has 0 spiro atoms. The fourth-order valence-corrected chi connectivity index (χ4v) is 5.03. The van der Waals surface area contributed by atoms with Crippen LogP contribution in [0.5, 0.6) is 0 Å². The molecule has 1 heterocycles. The zero-order valence-electron chi connectivity index (χ0n) is 16.6. The predicted molar refractivity (Wildman–Crippen MR) is 125 cm³/mol. The quantitative estimate of drug-likeness (QED) is 0.471. The first-order valence-corrected chi connectivity index (χ1v) is 11.2. The summed E-state index contributed by atoms with van der Waals surface area (Å²) in [6, 6.07) is 17.9. The normalized spacial score (nSPS) is 15.1. The number of allylic oxidation sites excluding steroid dienone is 1. The van der Waals surface area contributed by atoms with Crippen molar-refractivity contribution in [1.29, 1.82) is 0 Å². The van der Waals surface area contributed by atoms with Crippen LogP contribution in [0.25, 0.3) is 12.2 Å². The number of hydrogen-bond donors (Lipinski definition) is 0. The Morgan fingerprint density at radius 2 is 1.80 bits per heavy atom. The number of aliphatic imine (C=N–C) groups is 1. The molecule has 1 aliphatic heterocycles. The van der Waals surface area contributed by atoms with E-state index in [1.165, 1.54) is 39.3 Å². The molecule has 0 N–H and O–H groups in total. The van der Waals surface area contributed by atoms with E-state index in [4.69, 9.17) is 0 Å². The van der Waals surface area contributed by atoms with Crippen LogP contribution in [-0.4, -0.2) is 6.21 Å². The van der Waals surface area contributed by atoms with Gasteiger partial charge in [-0.05, 0) is 82.1 Å². The van der Waals surface area contributed by atoms with Gasteiger partial charge in [0.25, 0.3) is 0 Å². The van der Waals surface area contributed by atoms with Gasteiger partial charge < -0.3 is 0 Å². The van der Waals surface area contributed by atoms with Crippen LogP contribution in [0.1, 0.15) is 24.0 Å². The molecule has 6 rings (SSSR count). The van der Waals surface area contributed by atoms with E-state index in [9.17, 15) is 4.39 Å². The van der Waals surface area contributed by atoms with Crippen molar-refractivity contribution >= 4 is 35.8 Å². The van der Waals surface area contributed by atoms with Gasteiger partial charge in [-0.1, -0.05) is 60.3 Å². The van der Waals surface area contributed by atoms with Crippen LogP contribution in [0.4, 0.5) is 10.1 Å². The molecule has 3 aliphatic rings. The third-order valence-corrected chi connectivity index (χ3v) is 6.65. The van der Waals surface area contributed by atoms with E-state index in [1.807, 2.05) is 54.1 Å². The fourth-order valence-electron chi connectivity index (χ4n) is 4.34. The largest absolute Gasteiger partial charge is 0.256 e. The summed E-state index contributed by atoms with van der Waals surface area (Å²) in [5.41, 5.74) is 3.95. The van der Waals surface area contributed by atoms with Gasteiger partial charge in [0.2, 0.25) is 0 Å². The Bertz CT molecular complexity index is 1390. The number of para-hydroxylation sites is 1. The molecule has 1 nitrogen and oxygen atoms in total. The number of fused-ring (bicyclic) bond motifs is 5. The number of thioether (sulfide) groups is 1.